The Morgan fingerprint density at radius 3 is 2.32 bits per heavy atom. The lowest BCUT2D eigenvalue weighted by atomic mass is 10.1. The minimum atomic E-state index is -0.612. The molecule has 0 aliphatic heterocycles. The van der Waals surface area contributed by atoms with Crippen LogP contribution in [0.5, 0.6) is 0 Å². The van der Waals surface area contributed by atoms with Crippen LogP contribution in [0.1, 0.15) is 16.1 Å². The average molecular weight is 274 g/mol. The molecule has 2 aromatic rings. The number of carbonyl (C=O) groups excluding carboxylic acids is 1. The Hall–Kier alpha value is -2.08. The van der Waals surface area contributed by atoms with Crippen molar-refractivity contribution < 1.29 is 4.79 Å². The fourth-order valence-electron chi connectivity index (χ4n) is 1.77. The second kappa shape index (κ2) is 5.27. The van der Waals surface area contributed by atoms with Gasteiger partial charge in [0.25, 0.3) is 5.91 Å². The molecule has 0 aliphatic rings. The number of nitrogen functional groups attached to an aromatic ring is 1. The lowest BCUT2D eigenvalue weighted by Crippen LogP contribution is -2.17. The van der Waals surface area contributed by atoms with Crippen molar-refractivity contribution in [2.45, 2.75) is 11.8 Å². The molecule has 1 heterocycles. The van der Waals surface area contributed by atoms with Gasteiger partial charge in [-0.1, -0.05) is 12.1 Å². The first-order valence-corrected chi connectivity index (χ1v) is 6.83. The Balaban J connectivity index is 2.48. The van der Waals surface area contributed by atoms with Crippen LogP contribution in [0.4, 0.5) is 5.82 Å². The van der Waals surface area contributed by atoms with E-state index in [1.807, 2.05) is 30.5 Å². The van der Waals surface area contributed by atoms with Crippen LogP contribution in [-0.2, 0) is 0 Å². The van der Waals surface area contributed by atoms with Crippen molar-refractivity contribution in [1.29, 1.82) is 0 Å². The van der Waals surface area contributed by atoms with Crippen molar-refractivity contribution in [3.05, 3.63) is 35.5 Å². The number of nitrogens with two attached hydrogens (primary N) is 2. The first-order chi connectivity index (χ1) is 9.02. The Kier molecular flexibility index (Phi) is 3.71. The summed E-state index contributed by atoms with van der Waals surface area (Å²) in [6.07, 6.45) is 2.01. The van der Waals surface area contributed by atoms with Crippen molar-refractivity contribution in [3.8, 4) is 11.4 Å². The van der Waals surface area contributed by atoms with Gasteiger partial charge in [-0.3, -0.25) is 4.79 Å². The van der Waals surface area contributed by atoms with Crippen molar-refractivity contribution in [2.75, 3.05) is 12.0 Å². The van der Waals surface area contributed by atoms with Crippen molar-refractivity contribution >= 4 is 23.5 Å². The van der Waals surface area contributed by atoms with E-state index >= 15 is 0 Å². The second-order valence-corrected chi connectivity index (χ2v) is 4.87. The molecule has 98 valence electrons. The van der Waals surface area contributed by atoms with Gasteiger partial charge in [0.1, 0.15) is 11.4 Å². The molecule has 0 unspecified atom stereocenters. The lowest BCUT2D eigenvalue weighted by Gasteiger charge is -2.08. The Labute approximate surface area is 115 Å². The van der Waals surface area contributed by atoms with Crippen molar-refractivity contribution in [2.24, 2.45) is 5.73 Å². The third-order valence-electron chi connectivity index (χ3n) is 2.71. The summed E-state index contributed by atoms with van der Waals surface area (Å²) in [4.78, 5) is 20.8. The standard InChI is InChI=1S/C13H14N4OS/c1-7-10(12(15)18)11(14)17-13(16-7)8-3-5-9(19-2)6-4-8/h3-6H,1-2H3,(H2,15,18)(H2,14,16,17). The number of aromatic nitrogens is 2. The average Bonchev–Trinajstić information content (AvgIpc) is 2.37. The number of amides is 1. The number of carbonyl (C=O) groups is 1. The number of aryl methyl sites for hydroxylation is 1. The van der Waals surface area contributed by atoms with E-state index in [0.29, 0.717) is 11.5 Å². The van der Waals surface area contributed by atoms with Crippen LogP contribution in [0, 0.1) is 6.92 Å². The largest absolute Gasteiger partial charge is 0.383 e. The van der Waals surface area contributed by atoms with E-state index in [4.69, 9.17) is 11.5 Å². The Morgan fingerprint density at radius 1 is 1.21 bits per heavy atom. The van der Waals surface area contributed by atoms with Gasteiger partial charge in [0.15, 0.2) is 5.82 Å². The second-order valence-electron chi connectivity index (χ2n) is 3.99. The highest BCUT2D eigenvalue weighted by atomic mass is 32.2. The number of rotatable bonds is 3. The van der Waals surface area contributed by atoms with Gasteiger partial charge in [-0.2, -0.15) is 0 Å². The maximum Gasteiger partial charge on any atom is 0.254 e. The van der Waals surface area contributed by atoms with Crippen molar-refractivity contribution in [1.82, 2.24) is 9.97 Å². The van der Waals surface area contributed by atoms with Crippen molar-refractivity contribution in [3.63, 3.8) is 0 Å². The molecular formula is C13H14N4OS. The molecule has 4 N–H and O–H groups in total. The zero-order valence-electron chi connectivity index (χ0n) is 10.7. The van der Waals surface area contributed by atoms with Crippen LogP contribution < -0.4 is 11.5 Å². The summed E-state index contributed by atoms with van der Waals surface area (Å²) in [7, 11) is 0. The van der Waals surface area contributed by atoms with E-state index in [0.717, 1.165) is 10.5 Å². The maximum atomic E-state index is 11.2. The number of thioether (sulfide) groups is 1. The fourth-order valence-corrected chi connectivity index (χ4v) is 2.18. The topological polar surface area (TPSA) is 94.9 Å². The van der Waals surface area contributed by atoms with Crippen LogP contribution >= 0.6 is 11.8 Å². The van der Waals surface area contributed by atoms with Gasteiger partial charge < -0.3 is 11.5 Å². The molecule has 0 saturated heterocycles. The normalized spacial score (nSPS) is 10.4. The lowest BCUT2D eigenvalue weighted by molar-refractivity contribution is 0.1000. The summed E-state index contributed by atoms with van der Waals surface area (Å²) in [5.41, 5.74) is 12.5. The van der Waals surface area contributed by atoms with E-state index in [9.17, 15) is 4.79 Å². The van der Waals surface area contributed by atoms with E-state index in [-0.39, 0.29) is 11.4 Å². The highest BCUT2D eigenvalue weighted by Gasteiger charge is 2.14. The predicted octanol–water partition coefficient (Wildman–Crippen LogP) is 1.86. The molecule has 0 bridgehead atoms. The summed E-state index contributed by atoms with van der Waals surface area (Å²) in [6, 6.07) is 7.81. The number of nitrogens with zero attached hydrogens (tertiary/aromatic N) is 2. The molecule has 0 atom stereocenters. The minimum absolute atomic E-state index is 0.115. The number of benzene rings is 1. The first kappa shape index (κ1) is 13.4. The summed E-state index contributed by atoms with van der Waals surface area (Å²) in [6.45, 7) is 1.69. The molecule has 0 radical (unpaired) electrons. The fraction of sp³-hybridized carbons (Fsp3) is 0.154. The molecular weight excluding hydrogens is 260 g/mol. The van der Waals surface area contributed by atoms with Crippen LogP contribution in [-0.4, -0.2) is 22.1 Å². The van der Waals surface area contributed by atoms with Gasteiger partial charge in [0.2, 0.25) is 0 Å². The monoisotopic (exact) mass is 274 g/mol. The van der Waals surface area contributed by atoms with Crippen LogP contribution in [0.25, 0.3) is 11.4 Å². The Morgan fingerprint density at radius 2 is 1.84 bits per heavy atom. The van der Waals surface area contributed by atoms with Crippen LogP contribution in [0.2, 0.25) is 0 Å². The number of hydrogen-bond donors (Lipinski definition) is 2. The van der Waals surface area contributed by atoms with E-state index in [1.54, 1.807) is 18.7 Å². The van der Waals surface area contributed by atoms with Gasteiger partial charge in [-0.15, -0.1) is 11.8 Å². The first-order valence-electron chi connectivity index (χ1n) is 5.61. The molecule has 0 saturated carbocycles. The van der Waals surface area contributed by atoms with E-state index < -0.39 is 5.91 Å². The smallest absolute Gasteiger partial charge is 0.254 e. The molecule has 0 aliphatic carbocycles. The number of anilines is 1. The van der Waals surface area contributed by atoms with Crippen LogP contribution in [0.15, 0.2) is 29.2 Å². The Bertz CT molecular complexity index is 602. The van der Waals surface area contributed by atoms with Gasteiger partial charge in [-0.25, -0.2) is 9.97 Å². The van der Waals surface area contributed by atoms with E-state index in [2.05, 4.69) is 9.97 Å². The third kappa shape index (κ3) is 2.68. The highest BCUT2D eigenvalue weighted by molar-refractivity contribution is 7.98. The third-order valence-corrected chi connectivity index (χ3v) is 3.46. The molecule has 2 rings (SSSR count). The molecule has 0 fully saturated rings. The molecule has 0 spiro atoms. The zero-order chi connectivity index (χ0) is 14.0. The molecule has 1 aromatic heterocycles. The molecule has 1 aromatic carbocycles. The molecule has 5 nitrogen and oxygen atoms in total. The SMILES string of the molecule is CSc1ccc(-c2nc(C)c(C(N)=O)c(N)n2)cc1. The predicted molar refractivity (Wildman–Crippen MR) is 76.9 cm³/mol. The number of hydrogen-bond acceptors (Lipinski definition) is 5. The highest BCUT2D eigenvalue weighted by Crippen LogP contribution is 2.23. The van der Waals surface area contributed by atoms with Gasteiger partial charge in [-0.05, 0) is 25.3 Å². The quantitative estimate of drug-likeness (QED) is 0.833. The zero-order valence-corrected chi connectivity index (χ0v) is 11.5. The summed E-state index contributed by atoms with van der Waals surface area (Å²) < 4.78 is 0. The molecule has 19 heavy (non-hydrogen) atoms. The van der Waals surface area contributed by atoms with Gasteiger partial charge in [0.05, 0.1) is 5.69 Å². The molecule has 6 heteroatoms. The van der Waals surface area contributed by atoms with Gasteiger partial charge in [0, 0.05) is 10.5 Å². The molecule has 1 amide bonds. The summed E-state index contributed by atoms with van der Waals surface area (Å²) in [5.74, 6) is -0.00382. The summed E-state index contributed by atoms with van der Waals surface area (Å²) >= 11 is 1.66. The van der Waals surface area contributed by atoms with Gasteiger partial charge >= 0.3 is 0 Å². The maximum absolute atomic E-state index is 11.2. The minimum Gasteiger partial charge on any atom is -0.383 e. The summed E-state index contributed by atoms with van der Waals surface area (Å²) in [5, 5.41) is 0. The van der Waals surface area contributed by atoms with E-state index in [1.165, 1.54) is 0 Å². The van der Waals surface area contributed by atoms with Crippen LogP contribution in [0.3, 0.4) is 0 Å². The number of primary amides is 1.